The third-order valence-corrected chi connectivity index (χ3v) is 6.57. The van der Waals surface area contributed by atoms with Gasteiger partial charge in [0.05, 0.1) is 11.1 Å². The first-order valence-electron chi connectivity index (χ1n) is 11.4. The lowest BCUT2D eigenvalue weighted by Crippen LogP contribution is -2.46. The first-order valence-corrected chi connectivity index (χ1v) is 11.4. The summed E-state index contributed by atoms with van der Waals surface area (Å²) < 4.78 is 6.12. The summed E-state index contributed by atoms with van der Waals surface area (Å²) in [6.07, 6.45) is 1.80. The minimum absolute atomic E-state index is 0.124. The maximum atomic E-state index is 13.2. The van der Waals surface area contributed by atoms with Gasteiger partial charge in [0.15, 0.2) is 5.76 Å². The molecule has 1 saturated heterocycles. The molecule has 2 aliphatic heterocycles. The second-order valence-electron chi connectivity index (χ2n) is 8.79. The van der Waals surface area contributed by atoms with Crippen molar-refractivity contribution < 1.29 is 14.6 Å². The Bertz CT molecular complexity index is 1230. The van der Waals surface area contributed by atoms with Crippen molar-refractivity contribution in [3.05, 3.63) is 94.2 Å². The average Bonchev–Trinajstić information content (AvgIpc) is 3.15. The molecule has 1 N–H and O–H groups in total. The van der Waals surface area contributed by atoms with E-state index >= 15 is 0 Å². The molecule has 0 saturated carbocycles. The molecule has 0 radical (unpaired) electrons. The number of hydrogen-bond donors (Lipinski definition) is 1. The summed E-state index contributed by atoms with van der Waals surface area (Å²) in [5.74, 6) is 0.869. The molecule has 0 amide bonds. The molecule has 168 valence electrons. The van der Waals surface area contributed by atoms with Crippen LogP contribution in [0.25, 0.3) is 6.08 Å². The van der Waals surface area contributed by atoms with Crippen LogP contribution in [0, 0.1) is 13.8 Å². The number of fused-ring (bicyclic) bond motifs is 1. The van der Waals surface area contributed by atoms with Gasteiger partial charge in [-0.3, -0.25) is 9.69 Å². The average molecular weight is 441 g/mol. The highest BCUT2D eigenvalue weighted by Crippen LogP contribution is 2.42. The Kier molecular flexibility index (Phi) is 5.65. The second-order valence-corrected chi connectivity index (χ2v) is 8.79. The first-order chi connectivity index (χ1) is 16.0. The molecule has 33 heavy (non-hydrogen) atoms. The van der Waals surface area contributed by atoms with Crippen LogP contribution in [0.3, 0.4) is 0 Å². The van der Waals surface area contributed by atoms with Gasteiger partial charge >= 0.3 is 0 Å². The number of allylic oxidation sites excluding steroid dienone is 1. The van der Waals surface area contributed by atoms with E-state index in [2.05, 4.69) is 34.1 Å². The SMILES string of the molecule is Cc1ccccc1/C=C1\Oc2c(CN3CCN(c4ccccc4)CC3)c(O)cc(C)c2C1=O. The Hall–Kier alpha value is -3.57. The third kappa shape index (κ3) is 4.12. The van der Waals surface area contributed by atoms with Crippen LogP contribution < -0.4 is 9.64 Å². The Labute approximate surface area is 194 Å². The number of aryl methyl sites for hydroxylation is 2. The van der Waals surface area contributed by atoms with Crippen LogP contribution in [-0.2, 0) is 6.54 Å². The van der Waals surface area contributed by atoms with Gasteiger partial charge in [-0.15, -0.1) is 0 Å². The van der Waals surface area contributed by atoms with Gasteiger partial charge in [-0.2, -0.15) is 0 Å². The lowest BCUT2D eigenvalue weighted by molar-refractivity contribution is 0.101. The molecule has 0 unspecified atom stereocenters. The van der Waals surface area contributed by atoms with E-state index < -0.39 is 0 Å². The number of hydrogen-bond acceptors (Lipinski definition) is 5. The third-order valence-electron chi connectivity index (χ3n) is 6.57. The van der Waals surface area contributed by atoms with Gasteiger partial charge in [0.1, 0.15) is 11.5 Å². The first kappa shape index (κ1) is 21.3. The quantitative estimate of drug-likeness (QED) is 0.582. The molecule has 5 heteroatoms. The zero-order valence-corrected chi connectivity index (χ0v) is 19.0. The number of benzene rings is 3. The zero-order chi connectivity index (χ0) is 22.9. The molecule has 1 fully saturated rings. The van der Waals surface area contributed by atoms with Crippen LogP contribution in [0.4, 0.5) is 5.69 Å². The molecule has 2 aliphatic rings. The van der Waals surface area contributed by atoms with Gasteiger partial charge in [0.25, 0.3) is 0 Å². The molecule has 3 aromatic carbocycles. The highest BCUT2D eigenvalue weighted by molar-refractivity contribution is 6.16. The van der Waals surface area contributed by atoms with Crippen LogP contribution in [0.2, 0.25) is 0 Å². The number of nitrogens with zero attached hydrogens (tertiary/aromatic N) is 2. The van der Waals surface area contributed by atoms with Crippen LogP contribution in [0.1, 0.15) is 32.6 Å². The Balaban J connectivity index is 1.38. The number of piperazine rings is 1. The highest BCUT2D eigenvalue weighted by atomic mass is 16.5. The summed E-state index contributed by atoms with van der Waals surface area (Å²) in [5, 5.41) is 10.8. The molecule has 0 spiro atoms. The summed E-state index contributed by atoms with van der Waals surface area (Å²) >= 11 is 0. The number of ether oxygens (including phenoxy) is 1. The molecular weight excluding hydrogens is 412 g/mol. The Morgan fingerprint density at radius 3 is 2.36 bits per heavy atom. The Morgan fingerprint density at radius 2 is 1.64 bits per heavy atom. The smallest absolute Gasteiger partial charge is 0.232 e. The zero-order valence-electron chi connectivity index (χ0n) is 19.0. The largest absolute Gasteiger partial charge is 0.507 e. The van der Waals surface area contributed by atoms with Crippen LogP contribution in [-0.4, -0.2) is 42.0 Å². The van der Waals surface area contributed by atoms with E-state index in [1.54, 1.807) is 12.1 Å². The number of anilines is 1. The predicted octanol–water partition coefficient (Wildman–Crippen LogP) is 4.95. The minimum atomic E-state index is -0.124. The number of para-hydroxylation sites is 1. The molecule has 0 aliphatic carbocycles. The number of phenolic OH excluding ortho intramolecular Hbond substituents is 1. The van der Waals surface area contributed by atoms with E-state index in [0.29, 0.717) is 29.2 Å². The molecule has 2 heterocycles. The van der Waals surface area contributed by atoms with Crippen LogP contribution in [0.15, 0.2) is 66.4 Å². The molecule has 0 bridgehead atoms. The van der Waals surface area contributed by atoms with Crippen molar-refractivity contribution in [3.63, 3.8) is 0 Å². The van der Waals surface area contributed by atoms with Gasteiger partial charge in [0, 0.05) is 38.4 Å². The molecule has 5 rings (SSSR count). The number of aromatic hydroxyl groups is 1. The van der Waals surface area contributed by atoms with Crippen molar-refractivity contribution in [1.29, 1.82) is 0 Å². The van der Waals surface area contributed by atoms with Gasteiger partial charge < -0.3 is 14.7 Å². The van der Waals surface area contributed by atoms with Crippen molar-refractivity contribution in [3.8, 4) is 11.5 Å². The lowest BCUT2D eigenvalue weighted by Gasteiger charge is -2.36. The van der Waals surface area contributed by atoms with E-state index in [9.17, 15) is 9.90 Å². The topological polar surface area (TPSA) is 53.0 Å². The molecule has 3 aromatic rings. The van der Waals surface area contributed by atoms with Gasteiger partial charge in [-0.1, -0.05) is 42.5 Å². The molecule has 5 nitrogen and oxygen atoms in total. The van der Waals surface area contributed by atoms with Crippen molar-refractivity contribution in [1.82, 2.24) is 4.90 Å². The number of Topliss-reactive ketones (excluding diaryl/α,β-unsaturated/α-hetero) is 1. The van der Waals surface area contributed by atoms with E-state index in [4.69, 9.17) is 4.74 Å². The van der Waals surface area contributed by atoms with Gasteiger partial charge in [0.2, 0.25) is 5.78 Å². The number of phenols is 1. The van der Waals surface area contributed by atoms with Gasteiger partial charge in [-0.25, -0.2) is 0 Å². The fourth-order valence-electron chi connectivity index (χ4n) is 4.65. The monoisotopic (exact) mass is 440 g/mol. The highest BCUT2D eigenvalue weighted by Gasteiger charge is 2.34. The summed E-state index contributed by atoms with van der Waals surface area (Å²) in [4.78, 5) is 17.9. The summed E-state index contributed by atoms with van der Waals surface area (Å²) in [6.45, 7) is 7.97. The minimum Gasteiger partial charge on any atom is -0.507 e. The molecule has 0 atom stereocenters. The normalized spacial score (nSPS) is 17.3. The maximum Gasteiger partial charge on any atom is 0.232 e. The summed E-state index contributed by atoms with van der Waals surface area (Å²) in [6, 6.07) is 20.0. The number of ketones is 1. The number of carbonyl (C=O) groups excluding carboxylic acids is 1. The van der Waals surface area contributed by atoms with Crippen molar-refractivity contribution in [2.75, 3.05) is 31.1 Å². The van der Waals surface area contributed by atoms with E-state index in [1.807, 2.05) is 44.2 Å². The van der Waals surface area contributed by atoms with Crippen molar-refractivity contribution in [2.24, 2.45) is 0 Å². The van der Waals surface area contributed by atoms with Crippen LogP contribution in [0.5, 0.6) is 11.5 Å². The summed E-state index contributed by atoms with van der Waals surface area (Å²) in [7, 11) is 0. The van der Waals surface area contributed by atoms with E-state index in [-0.39, 0.29) is 11.5 Å². The van der Waals surface area contributed by atoms with E-state index in [1.165, 1.54) is 5.69 Å². The van der Waals surface area contributed by atoms with Crippen molar-refractivity contribution in [2.45, 2.75) is 20.4 Å². The lowest BCUT2D eigenvalue weighted by atomic mass is 9.98. The number of carbonyl (C=O) groups is 1. The second kappa shape index (κ2) is 8.75. The van der Waals surface area contributed by atoms with E-state index in [0.717, 1.165) is 42.9 Å². The standard InChI is InChI=1S/C28H28N2O3/c1-19-8-6-7-9-21(19)17-25-27(32)26-20(2)16-24(31)23(28(26)33-25)18-29-12-14-30(15-13-29)22-10-4-3-5-11-22/h3-11,16-17,31H,12-15,18H2,1-2H3/b25-17-. The Morgan fingerprint density at radius 1 is 0.939 bits per heavy atom. The number of rotatable bonds is 4. The van der Waals surface area contributed by atoms with Gasteiger partial charge in [-0.05, 0) is 54.8 Å². The fourth-order valence-corrected chi connectivity index (χ4v) is 4.65. The van der Waals surface area contributed by atoms with Crippen molar-refractivity contribution >= 4 is 17.5 Å². The maximum absolute atomic E-state index is 13.2. The summed E-state index contributed by atoms with van der Waals surface area (Å²) in [5.41, 5.74) is 5.24. The predicted molar refractivity (Wildman–Crippen MR) is 131 cm³/mol. The fraction of sp³-hybridized carbons (Fsp3) is 0.250. The van der Waals surface area contributed by atoms with Crippen LogP contribution >= 0.6 is 0 Å². The molecule has 0 aromatic heterocycles. The molecular formula is C28H28N2O3.